The first kappa shape index (κ1) is 24.1. The van der Waals surface area contributed by atoms with Crippen LogP contribution in [-0.2, 0) is 6.54 Å². The van der Waals surface area contributed by atoms with E-state index in [-0.39, 0.29) is 5.82 Å². The number of nitrogens with one attached hydrogen (secondary N) is 1. The minimum atomic E-state index is -0.191. The van der Waals surface area contributed by atoms with Crippen LogP contribution in [0.25, 0.3) is 6.08 Å². The van der Waals surface area contributed by atoms with Crippen molar-refractivity contribution in [2.75, 3.05) is 25.0 Å². The highest BCUT2D eigenvalue weighted by atomic mass is 35.5. The van der Waals surface area contributed by atoms with Gasteiger partial charge in [-0.25, -0.2) is 4.39 Å². The summed E-state index contributed by atoms with van der Waals surface area (Å²) in [7, 11) is 0. The molecule has 1 heterocycles. The zero-order valence-electron chi connectivity index (χ0n) is 19.2. The van der Waals surface area contributed by atoms with Crippen LogP contribution in [0.15, 0.2) is 73.1 Å². The molecule has 1 aliphatic rings. The van der Waals surface area contributed by atoms with Gasteiger partial charge in [0.05, 0.1) is 0 Å². The van der Waals surface area contributed by atoms with E-state index in [4.69, 9.17) is 11.6 Å². The second-order valence-electron chi connectivity index (χ2n) is 8.83. The van der Waals surface area contributed by atoms with Gasteiger partial charge in [0, 0.05) is 54.3 Å². The van der Waals surface area contributed by atoms with Crippen molar-refractivity contribution in [3.63, 3.8) is 0 Å². The van der Waals surface area contributed by atoms with E-state index in [0.29, 0.717) is 17.0 Å². The minimum Gasteiger partial charge on any atom is -0.366 e. The van der Waals surface area contributed by atoms with Gasteiger partial charge in [-0.15, -0.1) is 0 Å². The number of benzene rings is 2. The fraction of sp³-hybridized carbons (Fsp3) is 0.333. The molecule has 3 rings (SSSR count). The molecule has 0 saturated carbocycles. The molecule has 32 heavy (non-hydrogen) atoms. The number of piperazine rings is 1. The molecule has 1 N–H and O–H groups in total. The van der Waals surface area contributed by atoms with Crippen molar-refractivity contribution in [2.24, 2.45) is 5.92 Å². The Balaban J connectivity index is 1.70. The Labute approximate surface area is 196 Å². The molecule has 170 valence electrons. The third-order valence-corrected chi connectivity index (χ3v) is 6.01. The quantitative estimate of drug-likeness (QED) is 0.443. The number of allylic oxidation sites excluding steroid dienone is 2. The van der Waals surface area contributed by atoms with E-state index in [1.54, 1.807) is 0 Å². The molecule has 1 aliphatic heterocycles. The Morgan fingerprint density at radius 1 is 1.19 bits per heavy atom. The van der Waals surface area contributed by atoms with Gasteiger partial charge in [-0.2, -0.15) is 0 Å². The number of hydrogen-bond acceptors (Lipinski definition) is 3. The summed E-state index contributed by atoms with van der Waals surface area (Å²) in [6.45, 7) is 18.4. The lowest BCUT2D eigenvalue weighted by Gasteiger charge is -2.45. The third kappa shape index (κ3) is 6.47. The summed E-state index contributed by atoms with van der Waals surface area (Å²) in [5.41, 5.74) is 4.97. The summed E-state index contributed by atoms with van der Waals surface area (Å²) in [4.78, 5) is 4.85. The van der Waals surface area contributed by atoms with Crippen LogP contribution in [0.4, 0.5) is 10.1 Å². The second kappa shape index (κ2) is 10.8. The molecule has 1 saturated heterocycles. The largest absolute Gasteiger partial charge is 0.366 e. The highest BCUT2D eigenvalue weighted by Gasteiger charge is 2.29. The predicted octanol–water partition coefficient (Wildman–Crippen LogP) is 6.79. The van der Waals surface area contributed by atoms with Crippen LogP contribution >= 0.6 is 11.6 Å². The van der Waals surface area contributed by atoms with Crippen molar-refractivity contribution in [2.45, 2.75) is 33.4 Å². The van der Waals surface area contributed by atoms with Crippen molar-refractivity contribution in [3.05, 3.63) is 95.1 Å². The lowest BCUT2D eigenvalue weighted by Crippen LogP contribution is -2.53. The van der Waals surface area contributed by atoms with Crippen molar-refractivity contribution in [3.8, 4) is 0 Å². The molecule has 2 aromatic carbocycles. The monoisotopic (exact) mass is 453 g/mol. The first-order chi connectivity index (χ1) is 15.2. The molecular formula is C27H33ClFN3. The van der Waals surface area contributed by atoms with Gasteiger partial charge < -0.3 is 10.2 Å². The maximum atomic E-state index is 13.2. The van der Waals surface area contributed by atoms with Gasteiger partial charge in [0.15, 0.2) is 0 Å². The number of nitrogens with zero attached hydrogens (tertiary/aromatic N) is 2. The molecule has 0 bridgehead atoms. The van der Waals surface area contributed by atoms with Crippen molar-refractivity contribution in [1.29, 1.82) is 0 Å². The smallest absolute Gasteiger partial charge is 0.123 e. The van der Waals surface area contributed by atoms with Crippen LogP contribution in [0.2, 0.25) is 5.02 Å². The molecule has 2 aromatic rings. The van der Waals surface area contributed by atoms with Gasteiger partial charge >= 0.3 is 0 Å². The molecule has 0 amide bonds. The predicted molar refractivity (Wildman–Crippen MR) is 135 cm³/mol. The van der Waals surface area contributed by atoms with Gasteiger partial charge in [-0.1, -0.05) is 62.9 Å². The Morgan fingerprint density at radius 3 is 2.56 bits per heavy atom. The number of halogens is 2. The molecule has 5 heteroatoms. The molecule has 0 radical (unpaired) electrons. The summed E-state index contributed by atoms with van der Waals surface area (Å²) in [5, 5.41) is 3.96. The number of anilines is 1. The van der Waals surface area contributed by atoms with Crippen LogP contribution in [-0.4, -0.2) is 35.5 Å². The Morgan fingerprint density at radius 2 is 1.91 bits per heavy atom. The Bertz CT molecular complexity index is 981. The number of rotatable bonds is 8. The molecule has 0 aliphatic carbocycles. The standard InChI is InChI=1S/C27H33ClFN3/c1-19(2)27-18-31(17-22-7-12-25(29)13-8-22)14-15-32(27)21(5)6-9-23-10-11-24(28)16-26(23)30-20(3)4/h6-13,16,19,27,30H,3,5,14-15,17-18H2,1-2,4H3/b9-6+/t27-/m0/s1. The van der Waals surface area contributed by atoms with Gasteiger partial charge in [0.1, 0.15) is 5.82 Å². The van der Waals surface area contributed by atoms with Crippen LogP contribution < -0.4 is 5.32 Å². The van der Waals surface area contributed by atoms with E-state index in [1.807, 2.05) is 37.3 Å². The fourth-order valence-electron chi connectivity index (χ4n) is 4.08. The van der Waals surface area contributed by atoms with E-state index in [0.717, 1.165) is 54.4 Å². The summed E-state index contributed by atoms with van der Waals surface area (Å²) < 4.78 is 13.2. The van der Waals surface area contributed by atoms with E-state index in [2.05, 4.69) is 54.3 Å². The van der Waals surface area contributed by atoms with E-state index < -0.39 is 0 Å². The average molecular weight is 454 g/mol. The zero-order valence-corrected chi connectivity index (χ0v) is 20.0. The van der Waals surface area contributed by atoms with Crippen molar-refractivity contribution < 1.29 is 4.39 Å². The van der Waals surface area contributed by atoms with Gasteiger partial charge in [0.2, 0.25) is 0 Å². The minimum absolute atomic E-state index is 0.191. The zero-order chi connectivity index (χ0) is 23.3. The second-order valence-corrected chi connectivity index (χ2v) is 9.26. The first-order valence-electron chi connectivity index (χ1n) is 11.1. The van der Waals surface area contributed by atoms with Crippen LogP contribution in [0.1, 0.15) is 31.9 Å². The molecule has 0 unspecified atom stereocenters. The Kier molecular flexibility index (Phi) is 8.16. The number of hydrogen-bond donors (Lipinski definition) is 1. The highest BCUT2D eigenvalue weighted by Crippen LogP contribution is 2.26. The molecule has 1 fully saturated rings. The molecular weight excluding hydrogens is 421 g/mol. The summed E-state index contributed by atoms with van der Waals surface area (Å²) in [5.74, 6) is 0.288. The maximum absolute atomic E-state index is 13.2. The topological polar surface area (TPSA) is 18.5 Å². The average Bonchev–Trinajstić information content (AvgIpc) is 2.74. The SMILES string of the molecule is C=C(C)Nc1cc(Cl)ccc1/C=C/C(=C)N1CCN(Cc2ccc(F)cc2)C[C@H]1C(C)C. The van der Waals surface area contributed by atoms with E-state index in [9.17, 15) is 4.39 Å². The summed E-state index contributed by atoms with van der Waals surface area (Å²) in [6.07, 6.45) is 4.16. The molecule has 1 atom stereocenters. The maximum Gasteiger partial charge on any atom is 0.123 e. The third-order valence-electron chi connectivity index (χ3n) is 5.78. The summed E-state index contributed by atoms with van der Waals surface area (Å²) >= 11 is 6.18. The lowest BCUT2D eigenvalue weighted by molar-refractivity contribution is 0.0743. The molecule has 3 nitrogen and oxygen atoms in total. The van der Waals surface area contributed by atoms with Gasteiger partial charge in [0.25, 0.3) is 0 Å². The van der Waals surface area contributed by atoms with Crippen molar-refractivity contribution >= 4 is 23.4 Å². The molecule has 0 spiro atoms. The van der Waals surface area contributed by atoms with Gasteiger partial charge in [-0.3, -0.25) is 4.90 Å². The van der Waals surface area contributed by atoms with Gasteiger partial charge in [-0.05, 0) is 54.3 Å². The lowest BCUT2D eigenvalue weighted by atomic mass is 9.98. The van der Waals surface area contributed by atoms with Crippen molar-refractivity contribution in [1.82, 2.24) is 9.80 Å². The van der Waals surface area contributed by atoms with Crippen LogP contribution in [0, 0.1) is 11.7 Å². The van der Waals surface area contributed by atoms with E-state index in [1.165, 1.54) is 12.1 Å². The fourth-order valence-corrected chi connectivity index (χ4v) is 4.25. The van der Waals surface area contributed by atoms with Crippen LogP contribution in [0.3, 0.4) is 0 Å². The normalized spacial score (nSPS) is 17.2. The first-order valence-corrected chi connectivity index (χ1v) is 11.4. The van der Waals surface area contributed by atoms with Crippen LogP contribution in [0.5, 0.6) is 0 Å². The summed E-state index contributed by atoms with van der Waals surface area (Å²) in [6, 6.07) is 13.0. The van der Waals surface area contributed by atoms with E-state index >= 15 is 0 Å². The molecule has 0 aromatic heterocycles. The Hall–Kier alpha value is -2.56. The highest BCUT2D eigenvalue weighted by molar-refractivity contribution is 6.31.